The number of anilines is 1. The fourth-order valence-electron chi connectivity index (χ4n) is 2.94. The molecule has 1 N–H and O–H groups in total. The standard InChI is InChI=1S/C18H26N2O6S/c1-3-26-18(22)15-8-4-5-9-16(15)19-17(21)14-7-6-10-20(13-14)27(23,24)12-11-25-2/h4-5,8-9,14H,3,6-7,10-13H2,1-2H3,(H,19,21). The minimum atomic E-state index is -3.46. The van der Waals surface area contributed by atoms with E-state index < -0.39 is 21.9 Å². The lowest BCUT2D eigenvalue weighted by atomic mass is 9.98. The molecule has 1 aliphatic heterocycles. The minimum absolute atomic E-state index is 0.108. The number of nitrogens with zero attached hydrogens (tertiary/aromatic N) is 1. The maximum atomic E-state index is 12.7. The minimum Gasteiger partial charge on any atom is -0.462 e. The van der Waals surface area contributed by atoms with Gasteiger partial charge in [-0.15, -0.1) is 0 Å². The van der Waals surface area contributed by atoms with Gasteiger partial charge in [0.15, 0.2) is 0 Å². The van der Waals surface area contributed by atoms with Crippen molar-refractivity contribution in [3.8, 4) is 0 Å². The summed E-state index contributed by atoms with van der Waals surface area (Å²) in [5.41, 5.74) is 0.633. The summed E-state index contributed by atoms with van der Waals surface area (Å²) >= 11 is 0. The Labute approximate surface area is 159 Å². The lowest BCUT2D eigenvalue weighted by Gasteiger charge is -2.31. The molecule has 0 aliphatic carbocycles. The lowest BCUT2D eigenvalue weighted by molar-refractivity contribution is -0.120. The van der Waals surface area contributed by atoms with E-state index in [-0.39, 0.29) is 37.0 Å². The first-order valence-corrected chi connectivity index (χ1v) is 10.5. The Balaban J connectivity index is 2.07. The third-order valence-corrected chi connectivity index (χ3v) is 6.18. The fraction of sp³-hybridized carbons (Fsp3) is 0.556. The molecule has 1 aromatic carbocycles. The highest BCUT2D eigenvalue weighted by atomic mass is 32.2. The molecule has 0 spiro atoms. The smallest absolute Gasteiger partial charge is 0.340 e. The van der Waals surface area contributed by atoms with Gasteiger partial charge in [-0.2, -0.15) is 0 Å². The van der Waals surface area contributed by atoms with Crippen molar-refractivity contribution in [1.29, 1.82) is 0 Å². The molecule has 0 aromatic heterocycles. The van der Waals surface area contributed by atoms with E-state index in [9.17, 15) is 18.0 Å². The Hall–Kier alpha value is -1.97. The van der Waals surface area contributed by atoms with E-state index in [0.717, 1.165) is 0 Å². The van der Waals surface area contributed by atoms with E-state index in [1.807, 2.05) is 0 Å². The first-order valence-electron chi connectivity index (χ1n) is 8.92. The van der Waals surface area contributed by atoms with E-state index in [2.05, 4.69) is 5.32 Å². The number of rotatable bonds is 8. The number of para-hydroxylation sites is 1. The van der Waals surface area contributed by atoms with Crippen LogP contribution in [0.3, 0.4) is 0 Å². The van der Waals surface area contributed by atoms with Crippen LogP contribution < -0.4 is 5.32 Å². The van der Waals surface area contributed by atoms with Crippen LogP contribution in [0, 0.1) is 5.92 Å². The number of hydrogen-bond acceptors (Lipinski definition) is 6. The third-order valence-electron chi connectivity index (χ3n) is 4.37. The molecule has 1 aromatic rings. The molecule has 1 fully saturated rings. The zero-order chi connectivity index (χ0) is 19.9. The normalized spacial score (nSPS) is 18.1. The second-order valence-corrected chi connectivity index (χ2v) is 8.35. The molecular weight excluding hydrogens is 372 g/mol. The van der Waals surface area contributed by atoms with Gasteiger partial charge in [-0.25, -0.2) is 17.5 Å². The molecule has 0 bridgehead atoms. The number of hydrogen-bond donors (Lipinski definition) is 1. The molecule has 27 heavy (non-hydrogen) atoms. The monoisotopic (exact) mass is 398 g/mol. The Morgan fingerprint density at radius 3 is 2.74 bits per heavy atom. The average molecular weight is 398 g/mol. The van der Waals surface area contributed by atoms with E-state index in [4.69, 9.17) is 9.47 Å². The van der Waals surface area contributed by atoms with Crippen molar-refractivity contribution in [1.82, 2.24) is 4.31 Å². The summed E-state index contributed by atoms with van der Waals surface area (Å²) < 4.78 is 35.9. The first kappa shape index (κ1) is 21.3. The van der Waals surface area contributed by atoms with Crippen LogP contribution in [0.5, 0.6) is 0 Å². The highest BCUT2D eigenvalue weighted by molar-refractivity contribution is 7.89. The summed E-state index contributed by atoms with van der Waals surface area (Å²) in [5.74, 6) is -1.41. The van der Waals surface area contributed by atoms with E-state index in [1.54, 1.807) is 31.2 Å². The number of benzene rings is 1. The molecule has 1 atom stereocenters. The SMILES string of the molecule is CCOC(=O)c1ccccc1NC(=O)C1CCCN(S(=O)(=O)CCOC)C1. The molecule has 1 amide bonds. The number of piperidine rings is 1. The molecular formula is C18H26N2O6S. The quantitative estimate of drug-likeness (QED) is 0.666. The van der Waals surface area contributed by atoms with E-state index in [1.165, 1.54) is 11.4 Å². The number of carbonyl (C=O) groups excluding carboxylic acids is 2. The fourth-order valence-corrected chi connectivity index (χ4v) is 4.39. The number of carbonyl (C=O) groups is 2. The second-order valence-electron chi connectivity index (χ2n) is 6.26. The highest BCUT2D eigenvalue weighted by Gasteiger charge is 2.32. The Bertz CT molecular complexity index is 765. The Morgan fingerprint density at radius 1 is 1.30 bits per heavy atom. The van der Waals surface area contributed by atoms with Crippen molar-refractivity contribution < 1.29 is 27.5 Å². The van der Waals surface area contributed by atoms with Crippen LogP contribution in [-0.2, 0) is 24.3 Å². The zero-order valence-electron chi connectivity index (χ0n) is 15.6. The van der Waals surface area contributed by atoms with Crippen LogP contribution in [0.15, 0.2) is 24.3 Å². The number of ether oxygens (including phenoxy) is 2. The Morgan fingerprint density at radius 2 is 2.04 bits per heavy atom. The van der Waals surface area contributed by atoms with Crippen LogP contribution >= 0.6 is 0 Å². The molecule has 8 nitrogen and oxygen atoms in total. The van der Waals surface area contributed by atoms with Gasteiger partial charge in [-0.3, -0.25) is 4.79 Å². The van der Waals surface area contributed by atoms with Crippen molar-refractivity contribution in [3.63, 3.8) is 0 Å². The molecule has 9 heteroatoms. The summed E-state index contributed by atoms with van der Waals surface area (Å²) in [6, 6.07) is 6.60. The second kappa shape index (κ2) is 9.82. The number of methoxy groups -OCH3 is 1. The summed E-state index contributed by atoms with van der Waals surface area (Å²) in [6.45, 7) is 2.58. The molecule has 1 aliphatic rings. The third kappa shape index (κ3) is 5.75. The van der Waals surface area contributed by atoms with Gasteiger partial charge in [0.25, 0.3) is 0 Å². The zero-order valence-corrected chi connectivity index (χ0v) is 16.5. The van der Waals surface area contributed by atoms with Crippen molar-refractivity contribution in [2.45, 2.75) is 19.8 Å². The molecule has 1 heterocycles. The Kier molecular flexibility index (Phi) is 7.76. The molecule has 0 radical (unpaired) electrons. The number of nitrogens with one attached hydrogen (secondary N) is 1. The maximum absolute atomic E-state index is 12.7. The van der Waals surface area contributed by atoms with Crippen molar-refractivity contribution >= 4 is 27.6 Å². The molecule has 150 valence electrons. The predicted molar refractivity (Wildman–Crippen MR) is 101 cm³/mol. The van der Waals surface area contributed by atoms with Crippen LogP contribution in [0.25, 0.3) is 0 Å². The number of sulfonamides is 1. The van der Waals surface area contributed by atoms with Gasteiger partial charge in [-0.05, 0) is 31.9 Å². The average Bonchev–Trinajstić information content (AvgIpc) is 2.67. The molecule has 1 unspecified atom stereocenters. The molecule has 2 rings (SSSR count). The summed E-state index contributed by atoms with van der Waals surface area (Å²) in [5, 5.41) is 2.75. The van der Waals surface area contributed by atoms with Crippen LogP contribution in [0.1, 0.15) is 30.1 Å². The largest absolute Gasteiger partial charge is 0.462 e. The lowest BCUT2D eigenvalue weighted by Crippen LogP contribution is -2.45. The van der Waals surface area contributed by atoms with Crippen molar-refractivity contribution in [2.75, 3.05) is 44.5 Å². The van der Waals surface area contributed by atoms with Gasteiger partial charge < -0.3 is 14.8 Å². The summed E-state index contributed by atoms with van der Waals surface area (Å²) in [4.78, 5) is 24.7. The highest BCUT2D eigenvalue weighted by Crippen LogP contribution is 2.23. The first-order chi connectivity index (χ1) is 12.9. The van der Waals surface area contributed by atoms with Gasteiger partial charge in [0.05, 0.1) is 36.1 Å². The van der Waals surface area contributed by atoms with Gasteiger partial charge in [0.1, 0.15) is 0 Å². The molecule has 0 saturated carbocycles. The summed E-state index contributed by atoms with van der Waals surface area (Å²) in [7, 11) is -2.01. The van der Waals surface area contributed by atoms with Gasteiger partial charge in [0, 0.05) is 20.2 Å². The van der Waals surface area contributed by atoms with Crippen LogP contribution in [0.4, 0.5) is 5.69 Å². The predicted octanol–water partition coefficient (Wildman–Crippen LogP) is 1.49. The topological polar surface area (TPSA) is 102 Å². The van der Waals surface area contributed by atoms with Gasteiger partial charge in [0.2, 0.25) is 15.9 Å². The number of esters is 1. The molecule has 1 saturated heterocycles. The van der Waals surface area contributed by atoms with Crippen molar-refractivity contribution in [2.24, 2.45) is 5.92 Å². The summed E-state index contributed by atoms with van der Waals surface area (Å²) in [6.07, 6.45) is 1.19. The number of amides is 1. The van der Waals surface area contributed by atoms with Crippen LogP contribution in [0.2, 0.25) is 0 Å². The van der Waals surface area contributed by atoms with E-state index in [0.29, 0.717) is 25.1 Å². The van der Waals surface area contributed by atoms with Crippen molar-refractivity contribution in [3.05, 3.63) is 29.8 Å². The van der Waals surface area contributed by atoms with Gasteiger partial charge in [-0.1, -0.05) is 12.1 Å². The van der Waals surface area contributed by atoms with E-state index >= 15 is 0 Å². The van der Waals surface area contributed by atoms with Gasteiger partial charge >= 0.3 is 5.97 Å². The maximum Gasteiger partial charge on any atom is 0.340 e. The van der Waals surface area contributed by atoms with Crippen LogP contribution in [-0.4, -0.2) is 63.8 Å².